The maximum atomic E-state index is 2.65. The van der Waals surface area contributed by atoms with Gasteiger partial charge in [0.2, 0.25) is 0 Å². The molecule has 0 aliphatic heterocycles. The van der Waals surface area contributed by atoms with Gasteiger partial charge in [0.25, 0.3) is 0 Å². The van der Waals surface area contributed by atoms with Gasteiger partial charge in [-0.05, 0) is 108 Å². The van der Waals surface area contributed by atoms with Crippen molar-refractivity contribution in [3.8, 4) is 0 Å². The van der Waals surface area contributed by atoms with Crippen molar-refractivity contribution < 1.29 is 0 Å². The van der Waals surface area contributed by atoms with Crippen molar-refractivity contribution in [2.75, 3.05) is 0 Å². The van der Waals surface area contributed by atoms with Gasteiger partial charge >= 0.3 is 0 Å². The monoisotopic (exact) mass is 400 g/mol. The zero-order valence-corrected chi connectivity index (χ0v) is 21.5. The summed E-state index contributed by atoms with van der Waals surface area (Å²) in [5.74, 6) is 11.7. The first kappa shape index (κ1) is 22.2. The second-order valence-electron chi connectivity index (χ2n) is 13.7. The van der Waals surface area contributed by atoms with Crippen LogP contribution >= 0.6 is 0 Å². The molecular formula is C29H52. The van der Waals surface area contributed by atoms with Gasteiger partial charge in [0, 0.05) is 0 Å². The van der Waals surface area contributed by atoms with E-state index in [0.717, 1.165) is 71.0 Å². The summed E-state index contributed by atoms with van der Waals surface area (Å²) < 4.78 is 0. The molecule has 4 fully saturated rings. The fourth-order valence-corrected chi connectivity index (χ4v) is 8.49. The van der Waals surface area contributed by atoms with E-state index in [1.54, 1.807) is 0 Å². The first-order chi connectivity index (χ1) is 13.5. The van der Waals surface area contributed by atoms with Crippen molar-refractivity contribution >= 4 is 0 Å². The zero-order chi connectivity index (χ0) is 21.5. The normalized spacial score (nSPS) is 53.0. The maximum Gasteiger partial charge on any atom is -0.0266 e. The van der Waals surface area contributed by atoms with Crippen LogP contribution in [0.5, 0.6) is 0 Å². The van der Waals surface area contributed by atoms with Crippen molar-refractivity contribution in [1.29, 1.82) is 0 Å². The molecular weight excluding hydrogens is 348 g/mol. The minimum Gasteiger partial charge on any atom is -0.0649 e. The Morgan fingerprint density at radius 1 is 0.828 bits per heavy atom. The molecule has 0 nitrogen and oxygen atoms in total. The Kier molecular flexibility index (Phi) is 5.56. The fourth-order valence-electron chi connectivity index (χ4n) is 8.49. The standard InChI is InChI=1S/C29H52/c1-11-28(9)14-25(28)20(6)21(7)27-22(8)24(27)13-17(3)29(10)15-26(29)19(5)18(4)23-12-16(23)2/h16-27H,11-15H2,1-10H3. The van der Waals surface area contributed by atoms with Gasteiger partial charge in [-0.1, -0.05) is 75.7 Å². The van der Waals surface area contributed by atoms with Gasteiger partial charge in [-0.15, -0.1) is 0 Å². The zero-order valence-electron chi connectivity index (χ0n) is 21.5. The summed E-state index contributed by atoms with van der Waals surface area (Å²) in [6, 6.07) is 0. The van der Waals surface area contributed by atoms with E-state index in [-0.39, 0.29) is 0 Å². The lowest BCUT2D eigenvalue weighted by atomic mass is 9.78. The van der Waals surface area contributed by atoms with E-state index in [1.807, 2.05) is 0 Å². The lowest BCUT2D eigenvalue weighted by Crippen LogP contribution is -2.21. The molecule has 0 N–H and O–H groups in total. The van der Waals surface area contributed by atoms with Crippen LogP contribution in [0, 0.1) is 81.8 Å². The summed E-state index contributed by atoms with van der Waals surface area (Å²) in [5.41, 5.74) is 1.32. The maximum absolute atomic E-state index is 2.65. The molecule has 168 valence electrons. The quantitative estimate of drug-likeness (QED) is 0.344. The molecule has 14 atom stereocenters. The minimum absolute atomic E-state index is 0.644. The van der Waals surface area contributed by atoms with E-state index in [4.69, 9.17) is 0 Å². The molecule has 0 bridgehead atoms. The Balaban J connectivity index is 1.28. The molecule has 4 rings (SSSR count). The van der Waals surface area contributed by atoms with Crippen LogP contribution in [0.1, 0.15) is 101 Å². The Hall–Kier alpha value is 0. The average molecular weight is 401 g/mol. The molecule has 0 radical (unpaired) electrons. The largest absolute Gasteiger partial charge is 0.0649 e. The predicted octanol–water partition coefficient (Wildman–Crippen LogP) is 8.56. The summed E-state index contributed by atoms with van der Waals surface area (Å²) in [5, 5.41) is 0. The predicted molar refractivity (Wildman–Crippen MR) is 127 cm³/mol. The lowest BCUT2D eigenvalue weighted by Gasteiger charge is -2.27. The summed E-state index contributed by atoms with van der Waals surface area (Å²) in [4.78, 5) is 0. The summed E-state index contributed by atoms with van der Waals surface area (Å²) in [6.07, 6.45) is 7.39. The van der Waals surface area contributed by atoms with E-state index in [1.165, 1.54) is 32.1 Å². The Labute approximate surface area is 183 Å². The molecule has 4 aliphatic rings. The molecule has 0 spiro atoms. The van der Waals surface area contributed by atoms with Crippen LogP contribution in [0.2, 0.25) is 0 Å². The van der Waals surface area contributed by atoms with E-state index in [0.29, 0.717) is 10.8 Å². The number of hydrogen-bond donors (Lipinski definition) is 0. The van der Waals surface area contributed by atoms with Gasteiger partial charge in [0.05, 0.1) is 0 Å². The Morgan fingerprint density at radius 3 is 1.93 bits per heavy atom. The third kappa shape index (κ3) is 3.75. The van der Waals surface area contributed by atoms with Gasteiger partial charge in [-0.25, -0.2) is 0 Å². The Bertz CT molecular complexity index is 607. The fraction of sp³-hybridized carbons (Fsp3) is 1.00. The van der Waals surface area contributed by atoms with E-state index in [9.17, 15) is 0 Å². The first-order valence-corrected chi connectivity index (χ1v) is 13.5. The van der Waals surface area contributed by atoms with Crippen LogP contribution in [0.25, 0.3) is 0 Å². The van der Waals surface area contributed by atoms with Gasteiger partial charge in [0.15, 0.2) is 0 Å². The molecule has 0 heteroatoms. The molecule has 0 aromatic heterocycles. The van der Waals surface area contributed by atoms with Crippen molar-refractivity contribution in [3.05, 3.63) is 0 Å². The van der Waals surface area contributed by atoms with Gasteiger partial charge in [0.1, 0.15) is 0 Å². The van der Waals surface area contributed by atoms with E-state index in [2.05, 4.69) is 69.2 Å². The van der Waals surface area contributed by atoms with Gasteiger partial charge in [-0.2, -0.15) is 0 Å². The van der Waals surface area contributed by atoms with Crippen LogP contribution in [0.15, 0.2) is 0 Å². The number of rotatable bonds is 10. The number of hydrogen-bond acceptors (Lipinski definition) is 0. The van der Waals surface area contributed by atoms with Crippen molar-refractivity contribution in [2.45, 2.75) is 101 Å². The smallest absolute Gasteiger partial charge is 0.0266 e. The highest BCUT2D eigenvalue weighted by molar-refractivity contribution is 5.10. The summed E-state index contributed by atoms with van der Waals surface area (Å²) in [7, 11) is 0. The summed E-state index contributed by atoms with van der Waals surface area (Å²) in [6.45, 7) is 25.6. The summed E-state index contributed by atoms with van der Waals surface area (Å²) >= 11 is 0. The third-order valence-corrected chi connectivity index (χ3v) is 12.3. The molecule has 4 saturated carbocycles. The SMILES string of the molecule is CCC1(C)CC1C(C)C(C)C1C(C)C1CC(C)C1(C)CC1C(C)C(C)C1CC1C. The molecule has 0 aromatic carbocycles. The van der Waals surface area contributed by atoms with Crippen molar-refractivity contribution in [3.63, 3.8) is 0 Å². The van der Waals surface area contributed by atoms with Crippen molar-refractivity contribution in [2.24, 2.45) is 81.8 Å². The molecule has 0 saturated heterocycles. The van der Waals surface area contributed by atoms with Gasteiger partial charge < -0.3 is 0 Å². The third-order valence-electron chi connectivity index (χ3n) is 12.3. The lowest BCUT2D eigenvalue weighted by molar-refractivity contribution is 0.211. The van der Waals surface area contributed by atoms with Crippen LogP contribution in [0.4, 0.5) is 0 Å². The van der Waals surface area contributed by atoms with Crippen molar-refractivity contribution in [1.82, 2.24) is 0 Å². The molecule has 0 amide bonds. The van der Waals surface area contributed by atoms with Crippen LogP contribution in [-0.4, -0.2) is 0 Å². The molecule has 4 aliphatic carbocycles. The topological polar surface area (TPSA) is 0 Å². The average Bonchev–Trinajstić information content (AvgIpc) is 3.56. The molecule has 14 unspecified atom stereocenters. The highest BCUT2D eigenvalue weighted by Crippen LogP contribution is 2.68. The van der Waals surface area contributed by atoms with Crippen LogP contribution in [0.3, 0.4) is 0 Å². The van der Waals surface area contributed by atoms with Gasteiger partial charge in [-0.3, -0.25) is 0 Å². The highest BCUT2D eigenvalue weighted by Gasteiger charge is 2.61. The second kappa shape index (κ2) is 7.27. The first-order valence-electron chi connectivity index (χ1n) is 13.5. The minimum atomic E-state index is 0.644. The Morgan fingerprint density at radius 2 is 1.41 bits per heavy atom. The molecule has 29 heavy (non-hydrogen) atoms. The molecule has 0 heterocycles. The molecule has 0 aromatic rings. The highest BCUT2D eigenvalue weighted by atomic mass is 14.7. The van der Waals surface area contributed by atoms with Crippen LogP contribution in [-0.2, 0) is 0 Å². The van der Waals surface area contributed by atoms with Crippen LogP contribution < -0.4 is 0 Å². The van der Waals surface area contributed by atoms with E-state index < -0.39 is 0 Å². The second-order valence-corrected chi connectivity index (χ2v) is 13.7. The van der Waals surface area contributed by atoms with E-state index >= 15 is 0 Å².